The lowest BCUT2D eigenvalue weighted by molar-refractivity contribution is -0.384. The molecule has 7 nitrogen and oxygen atoms in total. The number of rotatable bonds is 5. The Kier molecular flexibility index (Phi) is 6.17. The van der Waals surface area contributed by atoms with Crippen LogP contribution in [0.1, 0.15) is 5.56 Å². The zero-order chi connectivity index (χ0) is 19.3. The highest BCUT2D eigenvalue weighted by Gasteiger charge is 2.15. The Labute approximate surface area is 159 Å². The first kappa shape index (κ1) is 19.2. The summed E-state index contributed by atoms with van der Waals surface area (Å²) in [5, 5.41) is 25.8. The molecule has 1 amide bonds. The van der Waals surface area contributed by atoms with Crippen molar-refractivity contribution in [2.24, 2.45) is 0 Å². The summed E-state index contributed by atoms with van der Waals surface area (Å²) in [5.41, 5.74) is 1.09. The van der Waals surface area contributed by atoms with E-state index in [9.17, 15) is 20.2 Å². The normalized spacial score (nSPS) is 10.8. The van der Waals surface area contributed by atoms with E-state index in [0.717, 1.165) is 11.6 Å². The van der Waals surface area contributed by atoms with Crippen LogP contribution in [0.5, 0.6) is 0 Å². The summed E-state index contributed by atoms with van der Waals surface area (Å²) in [6.45, 7) is 1.84. The molecule has 0 saturated carbocycles. The number of benzene rings is 2. The van der Waals surface area contributed by atoms with E-state index in [-0.39, 0.29) is 22.0 Å². The van der Waals surface area contributed by atoms with Gasteiger partial charge in [0.05, 0.1) is 4.92 Å². The van der Waals surface area contributed by atoms with E-state index >= 15 is 0 Å². The van der Waals surface area contributed by atoms with Crippen molar-refractivity contribution in [1.29, 1.82) is 5.26 Å². The maximum absolute atomic E-state index is 12.2. The molecule has 26 heavy (non-hydrogen) atoms. The fourth-order valence-corrected chi connectivity index (χ4v) is 2.34. The minimum absolute atomic E-state index is 0.0536. The first-order chi connectivity index (χ1) is 12.3. The minimum atomic E-state index is -0.726. The van der Waals surface area contributed by atoms with E-state index < -0.39 is 10.8 Å². The van der Waals surface area contributed by atoms with E-state index in [1.54, 1.807) is 24.3 Å². The number of amides is 1. The molecule has 0 saturated heterocycles. The molecule has 132 valence electrons. The number of halogens is 2. The Balaban J connectivity index is 2.19. The minimum Gasteiger partial charge on any atom is -0.360 e. The van der Waals surface area contributed by atoms with Crippen LogP contribution >= 0.6 is 23.2 Å². The molecule has 0 aromatic heterocycles. The van der Waals surface area contributed by atoms with Crippen molar-refractivity contribution in [3.8, 4) is 6.07 Å². The van der Waals surface area contributed by atoms with Crippen molar-refractivity contribution < 1.29 is 9.72 Å². The number of nitrogens with zero attached hydrogens (tertiary/aromatic N) is 2. The van der Waals surface area contributed by atoms with Gasteiger partial charge in [-0.05, 0) is 36.8 Å². The van der Waals surface area contributed by atoms with Gasteiger partial charge in [0.15, 0.2) is 0 Å². The third-order valence-electron chi connectivity index (χ3n) is 3.34. The van der Waals surface area contributed by atoms with Crippen LogP contribution in [0.15, 0.2) is 48.2 Å². The fourth-order valence-electron chi connectivity index (χ4n) is 1.98. The molecular weight excluding hydrogens is 379 g/mol. The Bertz CT molecular complexity index is 952. The second kappa shape index (κ2) is 8.34. The number of aryl methyl sites for hydroxylation is 1. The predicted octanol–water partition coefficient (Wildman–Crippen LogP) is 4.67. The molecule has 0 unspecified atom stereocenters. The SMILES string of the molecule is Cc1ccc(Cl)cc1N/C=C(/C#N)C(=O)Nc1ccc(Cl)c([N+](=O)[O-])c1. The van der Waals surface area contributed by atoms with Gasteiger partial charge in [0.1, 0.15) is 16.7 Å². The maximum atomic E-state index is 12.2. The second-order valence-corrected chi connectivity index (χ2v) is 5.99. The highest BCUT2D eigenvalue weighted by molar-refractivity contribution is 6.32. The van der Waals surface area contributed by atoms with Gasteiger partial charge in [-0.1, -0.05) is 29.3 Å². The molecule has 2 aromatic rings. The molecule has 2 rings (SSSR count). The lowest BCUT2D eigenvalue weighted by atomic mass is 10.2. The van der Waals surface area contributed by atoms with Crippen molar-refractivity contribution in [1.82, 2.24) is 0 Å². The Morgan fingerprint density at radius 2 is 2.00 bits per heavy atom. The molecule has 0 bridgehead atoms. The molecule has 0 aliphatic heterocycles. The van der Waals surface area contributed by atoms with Gasteiger partial charge in [-0.25, -0.2) is 0 Å². The highest BCUT2D eigenvalue weighted by Crippen LogP contribution is 2.27. The Morgan fingerprint density at radius 1 is 1.27 bits per heavy atom. The number of anilines is 2. The monoisotopic (exact) mass is 390 g/mol. The second-order valence-electron chi connectivity index (χ2n) is 5.15. The summed E-state index contributed by atoms with van der Waals surface area (Å²) in [6.07, 6.45) is 1.23. The number of nitrogens with one attached hydrogen (secondary N) is 2. The highest BCUT2D eigenvalue weighted by atomic mass is 35.5. The van der Waals surface area contributed by atoms with Crippen LogP contribution in [0.4, 0.5) is 17.1 Å². The van der Waals surface area contributed by atoms with E-state index in [1.165, 1.54) is 18.3 Å². The number of carbonyl (C=O) groups excluding carboxylic acids is 1. The van der Waals surface area contributed by atoms with Crippen LogP contribution in [-0.2, 0) is 4.79 Å². The van der Waals surface area contributed by atoms with Gasteiger partial charge >= 0.3 is 0 Å². The van der Waals surface area contributed by atoms with Crippen LogP contribution in [-0.4, -0.2) is 10.8 Å². The van der Waals surface area contributed by atoms with Gasteiger partial charge < -0.3 is 10.6 Å². The first-order valence-electron chi connectivity index (χ1n) is 7.20. The third-order valence-corrected chi connectivity index (χ3v) is 3.89. The molecule has 0 aliphatic rings. The molecule has 0 radical (unpaired) electrons. The molecular formula is C17H12Cl2N4O3. The number of nitro groups is 1. The molecule has 0 aliphatic carbocycles. The van der Waals surface area contributed by atoms with E-state index in [1.807, 2.05) is 6.92 Å². The van der Waals surface area contributed by atoms with Gasteiger partial charge in [0.2, 0.25) is 0 Å². The number of nitriles is 1. The van der Waals surface area contributed by atoms with Crippen LogP contribution in [0, 0.1) is 28.4 Å². The van der Waals surface area contributed by atoms with E-state index in [0.29, 0.717) is 10.7 Å². The summed E-state index contributed by atoms with van der Waals surface area (Å²) < 4.78 is 0. The van der Waals surface area contributed by atoms with Gasteiger partial charge in [0.25, 0.3) is 11.6 Å². The smallest absolute Gasteiger partial charge is 0.289 e. The van der Waals surface area contributed by atoms with Gasteiger partial charge in [-0.3, -0.25) is 14.9 Å². The molecule has 2 aromatic carbocycles. The maximum Gasteiger partial charge on any atom is 0.289 e. The van der Waals surface area contributed by atoms with Crippen molar-refractivity contribution in [2.45, 2.75) is 6.92 Å². The first-order valence-corrected chi connectivity index (χ1v) is 7.95. The topological polar surface area (TPSA) is 108 Å². The van der Waals surface area contributed by atoms with E-state index in [2.05, 4.69) is 10.6 Å². The number of hydrogen-bond acceptors (Lipinski definition) is 5. The summed E-state index contributed by atoms with van der Waals surface area (Å²) in [4.78, 5) is 22.4. The number of carbonyl (C=O) groups is 1. The fraction of sp³-hybridized carbons (Fsp3) is 0.0588. The van der Waals surface area contributed by atoms with Gasteiger partial charge in [-0.2, -0.15) is 5.26 Å². The number of nitro benzene ring substituents is 1. The van der Waals surface area contributed by atoms with Crippen LogP contribution in [0.25, 0.3) is 0 Å². The summed E-state index contributed by atoms with van der Waals surface area (Å²) in [6, 6.07) is 10.7. The third kappa shape index (κ3) is 4.72. The quantitative estimate of drug-likeness (QED) is 0.333. The molecule has 9 heteroatoms. The summed E-state index contributed by atoms with van der Waals surface area (Å²) in [7, 11) is 0. The summed E-state index contributed by atoms with van der Waals surface area (Å²) in [5.74, 6) is -0.726. The summed E-state index contributed by atoms with van der Waals surface area (Å²) >= 11 is 11.6. The Morgan fingerprint density at radius 3 is 2.65 bits per heavy atom. The largest absolute Gasteiger partial charge is 0.360 e. The van der Waals surface area contributed by atoms with Crippen molar-refractivity contribution in [3.63, 3.8) is 0 Å². The average molecular weight is 391 g/mol. The van der Waals surface area contributed by atoms with E-state index in [4.69, 9.17) is 23.2 Å². The zero-order valence-electron chi connectivity index (χ0n) is 13.4. The van der Waals surface area contributed by atoms with Gasteiger partial charge in [0, 0.05) is 28.7 Å². The van der Waals surface area contributed by atoms with Crippen molar-refractivity contribution in [3.05, 3.63) is 73.9 Å². The lowest BCUT2D eigenvalue weighted by Crippen LogP contribution is -2.14. The van der Waals surface area contributed by atoms with Crippen molar-refractivity contribution in [2.75, 3.05) is 10.6 Å². The molecule has 0 spiro atoms. The van der Waals surface area contributed by atoms with Crippen LogP contribution in [0.3, 0.4) is 0 Å². The molecule has 0 atom stereocenters. The lowest BCUT2D eigenvalue weighted by Gasteiger charge is -2.08. The molecule has 0 heterocycles. The van der Waals surface area contributed by atoms with Crippen LogP contribution in [0.2, 0.25) is 10.0 Å². The average Bonchev–Trinajstić information content (AvgIpc) is 2.59. The zero-order valence-corrected chi connectivity index (χ0v) is 14.9. The van der Waals surface area contributed by atoms with Gasteiger partial charge in [-0.15, -0.1) is 0 Å². The number of hydrogen-bond donors (Lipinski definition) is 2. The predicted molar refractivity (Wildman–Crippen MR) is 100 cm³/mol. The van der Waals surface area contributed by atoms with Crippen molar-refractivity contribution >= 4 is 46.2 Å². The molecule has 2 N–H and O–H groups in total. The Hall–Kier alpha value is -3.08. The van der Waals surface area contributed by atoms with Crippen LogP contribution < -0.4 is 10.6 Å². The molecule has 0 fully saturated rings. The standard InChI is InChI=1S/C17H12Cl2N4O3/c1-10-2-3-12(18)6-15(10)21-9-11(8-20)17(24)22-13-4-5-14(19)16(7-13)23(25)26/h2-7,9,21H,1H3,(H,22,24)/b11-9-.